The van der Waals surface area contributed by atoms with E-state index < -0.39 is 10.0 Å². The fraction of sp³-hybridized carbons (Fsp3) is 0.769. The fourth-order valence-corrected chi connectivity index (χ4v) is 3.85. The smallest absolute Gasteiger partial charge is 0.257 e. The molecular formula is C13H25N5O2S. The van der Waals surface area contributed by atoms with Crippen molar-refractivity contribution >= 4 is 10.0 Å². The predicted molar refractivity (Wildman–Crippen MR) is 81.4 cm³/mol. The molecule has 120 valence electrons. The molecule has 7 nitrogen and oxygen atoms in total. The van der Waals surface area contributed by atoms with E-state index in [1.807, 2.05) is 0 Å². The maximum absolute atomic E-state index is 12.4. The predicted octanol–water partition coefficient (Wildman–Crippen LogP) is 0.139. The molecule has 0 radical (unpaired) electrons. The van der Waals surface area contributed by atoms with Crippen LogP contribution in [0, 0.1) is 5.41 Å². The van der Waals surface area contributed by atoms with E-state index in [4.69, 9.17) is 0 Å². The zero-order valence-electron chi connectivity index (χ0n) is 12.9. The molecule has 0 aromatic carbocycles. The van der Waals surface area contributed by atoms with Crippen LogP contribution in [-0.2, 0) is 16.6 Å². The van der Waals surface area contributed by atoms with E-state index >= 15 is 0 Å². The Morgan fingerprint density at radius 2 is 2.10 bits per heavy atom. The molecule has 1 aromatic heterocycles. The lowest BCUT2D eigenvalue weighted by Gasteiger charge is -2.37. The van der Waals surface area contributed by atoms with Gasteiger partial charge in [0.1, 0.15) is 0 Å². The minimum absolute atomic E-state index is 0.0166. The van der Waals surface area contributed by atoms with Crippen LogP contribution in [0.15, 0.2) is 11.2 Å². The van der Waals surface area contributed by atoms with Crippen molar-refractivity contribution in [2.24, 2.45) is 5.41 Å². The van der Waals surface area contributed by atoms with Crippen molar-refractivity contribution in [2.45, 2.75) is 31.3 Å². The minimum Gasteiger partial charge on any atom is -0.316 e. The molecule has 1 aromatic rings. The summed E-state index contributed by atoms with van der Waals surface area (Å²) in [5, 5.41) is 9.53. The van der Waals surface area contributed by atoms with E-state index in [1.54, 1.807) is 13.2 Å². The molecule has 1 fully saturated rings. The first kappa shape index (κ1) is 16.4. The first-order valence-electron chi connectivity index (χ1n) is 7.21. The summed E-state index contributed by atoms with van der Waals surface area (Å²) >= 11 is 0. The molecule has 0 spiro atoms. The quantitative estimate of drug-likeness (QED) is 0.695. The Labute approximate surface area is 126 Å². The van der Waals surface area contributed by atoms with E-state index in [9.17, 15) is 8.42 Å². The third-order valence-electron chi connectivity index (χ3n) is 4.20. The van der Waals surface area contributed by atoms with Crippen molar-refractivity contribution in [1.29, 1.82) is 0 Å². The lowest BCUT2D eigenvalue weighted by atomic mass is 9.81. The molecule has 3 N–H and O–H groups in total. The molecule has 2 heterocycles. The van der Waals surface area contributed by atoms with Crippen molar-refractivity contribution < 1.29 is 8.42 Å². The second-order valence-electron chi connectivity index (χ2n) is 6.19. The zero-order chi connectivity index (χ0) is 15.5. The summed E-state index contributed by atoms with van der Waals surface area (Å²) in [5.41, 5.74) is 0.668. The van der Waals surface area contributed by atoms with Gasteiger partial charge >= 0.3 is 0 Å². The Bertz CT molecular complexity index is 561. The lowest BCUT2D eigenvalue weighted by Crippen LogP contribution is -2.43. The van der Waals surface area contributed by atoms with Crippen molar-refractivity contribution in [1.82, 2.24) is 25.1 Å². The number of sulfonamides is 1. The number of hydrogen-bond donors (Lipinski definition) is 3. The molecule has 1 aliphatic rings. The number of aromatic amines is 1. The zero-order valence-corrected chi connectivity index (χ0v) is 13.8. The molecule has 21 heavy (non-hydrogen) atoms. The van der Waals surface area contributed by atoms with E-state index in [1.165, 1.54) is 0 Å². The van der Waals surface area contributed by atoms with Crippen LogP contribution in [0.5, 0.6) is 0 Å². The monoisotopic (exact) mass is 315 g/mol. The average Bonchev–Trinajstić information content (AvgIpc) is 2.90. The van der Waals surface area contributed by atoms with Gasteiger partial charge in [-0.15, -0.1) is 0 Å². The van der Waals surface area contributed by atoms with Crippen molar-refractivity contribution in [3.63, 3.8) is 0 Å². The van der Waals surface area contributed by atoms with Crippen LogP contribution in [0.4, 0.5) is 0 Å². The van der Waals surface area contributed by atoms with Gasteiger partial charge in [0.25, 0.3) is 10.0 Å². The maximum atomic E-state index is 12.4. The van der Waals surface area contributed by atoms with Crippen molar-refractivity contribution in [3.8, 4) is 0 Å². The highest BCUT2D eigenvalue weighted by Gasteiger charge is 2.31. The number of H-pyrrole nitrogens is 1. The summed E-state index contributed by atoms with van der Waals surface area (Å²) in [4.78, 5) is 2.27. The van der Waals surface area contributed by atoms with Crippen LogP contribution in [0.3, 0.4) is 0 Å². The largest absolute Gasteiger partial charge is 0.316 e. The van der Waals surface area contributed by atoms with Gasteiger partial charge in [0.15, 0.2) is 5.03 Å². The Hall–Kier alpha value is -0.960. The Morgan fingerprint density at radius 3 is 2.71 bits per heavy atom. The number of rotatable bonds is 6. The fourth-order valence-electron chi connectivity index (χ4n) is 2.52. The number of hydrogen-bond acceptors (Lipinski definition) is 5. The first-order valence-corrected chi connectivity index (χ1v) is 8.70. The van der Waals surface area contributed by atoms with Crippen LogP contribution < -0.4 is 10.0 Å². The van der Waals surface area contributed by atoms with Crippen LogP contribution in [-0.4, -0.2) is 57.2 Å². The van der Waals surface area contributed by atoms with Gasteiger partial charge in [-0.1, -0.05) is 6.92 Å². The number of nitrogens with zero attached hydrogens (tertiary/aromatic N) is 2. The molecule has 1 saturated heterocycles. The molecule has 0 unspecified atom stereocenters. The maximum Gasteiger partial charge on any atom is 0.257 e. The van der Waals surface area contributed by atoms with Crippen LogP contribution >= 0.6 is 0 Å². The first-order chi connectivity index (χ1) is 9.86. The summed E-state index contributed by atoms with van der Waals surface area (Å²) in [6, 6.07) is 0. The highest BCUT2D eigenvalue weighted by atomic mass is 32.2. The standard InChI is InChI=1S/C13H25N5O2S/c1-13(4-6-18(3)7-5-13)10-16-21(19,20)12-11(8-14-2)9-15-17-12/h9,14,16H,4-8,10H2,1-3H3,(H,15,17). The molecule has 1 aliphatic heterocycles. The Morgan fingerprint density at radius 1 is 1.43 bits per heavy atom. The summed E-state index contributed by atoms with van der Waals surface area (Å²) in [5.74, 6) is 0. The van der Waals surface area contributed by atoms with Gasteiger partial charge in [-0.2, -0.15) is 5.10 Å². The van der Waals surface area contributed by atoms with Crippen LogP contribution in [0.25, 0.3) is 0 Å². The topological polar surface area (TPSA) is 90.1 Å². The van der Waals surface area contributed by atoms with Gasteiger partial charge in [-0.3, -0.25) is 5.10 Å². The molecule has 0 aliphatic carbocycles. The van der Waals surface area contributed by atoms with E-state index in [0.29, 0.717) is 18.7 Å². The number of piperidine rings is 1. The number of aromatic nitrogens is 2. The highest BCUT2D eigenvalue weighted by molar-refractivity contribution is 7.89. The van der Waals surface area contributed by atoms with Gasteiger partial charge in [-0.05, 0) is 45.4 Å². The molecule has 8 heteroatoms. The Balaban J connectivity index is 2.02. The molecule has 0 amide bonds. The van der Waals surface area contributed by atoms with Gasteiger partial charge in [0, 0.05) is 18.7 Å². The average molecular weight is 315 g/mol. The number of nitrogens with one attached hydrogen (secondary N) is 3. The van der Waals surface area contributed by atoms with E-state index in [-0.39, 0.29) is 10.4 Å². The van der Waals surface area contributed by atoms with E-state index in [0.717, 1.165) is 25.9 Å². The van der Waals surface area contributed by atoms with Crippen LogP contribution in [0.2, 0.25) is 0 Å². The molecule has 0 atom stereocenters. The van der Waals surface area contributed by atoms with Crippen molar-refractivity contribution in [3.05, 3.63) is 11.8 Å². The third kappa shape index (κ3) is 4.03. The molecule has 2 rings (SSSR count). The number of likely N-dealkylation sites (tertiary alicyclic amines) is 1. The van der Waals surface area contributed by atoms with Crippen LogP contribution in [0.1, 0.15) is 25.3 Å². The Kier molecular flexibility index (Phi) is 5.03. The van der Waals surface area contributed by atoms with Gasteiger partial charge in [0.05, 0.1) is 6.20 Å². The summed E-state index contributed by atoms with van der Waals surface area (Å²) < 4.78 is 27.6. The normalized spacial score (nSPS) is 19.8. The second kappa shape index (κ2) is 6.43. The second-order valence-corrected chi connectivity index (χ2v) is 7.90. The summed E-state index contributed by atoms with van der Waals surface area (Å²) in [6.45, 7) is 5.08. The highest BCUT2D eigenvalue weighted by Crippen LogP contribution is 2.30. The SMILES string of the molecule is CNCc1cn[nH]c1S(=O)(=O)NCC1(C)CCN(C)CC1. The van der Waals surface area contributed by atoms with Gasteiger partial charge in [-0.25, -0.2) is 13.1 Å². The lowest BCUT2D eigenvalue weighted by molar-refractivity contribution is 0.143. The molecular weight excluding hydrogens is 290 g/mol. The summed E-state index contributed by atoms with van der Waals surface area (Å²) in [6.07, 6.45) is 3.54. The van der Waals surface area contributed by atoms with Gasteiger partial charge < -0.3 is 10.2 Å². The molecule has 0 saturated carbocycles. The molecule has 0 bridgehead atoms. The van der Waals surface area contributed by atoms with Crippen molar-refractivity contribution in [2.75, 3.05) is 33.7 Å². The van der Waals surface area contributed by atoms with E-state index in [2.05, 4.69) is 39.1 Å². The minimum atomic E-state index is -3.54. The summed E-state index contributed by atoms with van der Waals surface area (Å²) in [7, 11) is 0.327. The third-order valence-corrected chi connectivity index (χ3v) is 5.61. The van der Waals surface area contributed by atoms with Gasteiger partial charge in [0.2, 0.25) is 0 Å².